The van der Waals surface area contributed by atoms with Crippen molar-refractivity contribution >= 4 is 0 Å². The van der Waals surface area contributed by atoms with E-state index in [0.717, 1.165) is 5.76 Å². The van der Waals surface area contributed by atoms with Gasteiger partial charge in [-0.05, 0) is 19.1 Å². The molecule has 0 rings (SSSR count). The van der Waals surface area contributed by atoms with Crippen molar-refractivity contribution in [3.63, 3.8) is 0 Å². The van der Waals surface area contributed by atoms with Crippen molar-refractivity contribution in [2.24, 2.45) is 0 Å². The van der Waals surface area contributed by atoms with E-state index >= 15 is 0 Å². The van der Waals surface area contributed by atoms with Crippen LogP contribution in [0.3, 0.4) is 0 Å². The summed E-state index contributed by atoms with van der Waals surface area (Å²) in [5.74, 6) is 0.801. The van der Waals surface area contributed by atoms with E-state index in [-0.39, 0.29) is 0 Å². The summed E-state index contributed by atoms with van der Waals surface area (Å²) in [6.45, 7) is 9.52. The average Bonchev–Trinajstić information content (AvgIpc) is 1.91. The van der Waals surface area contributed by atoms with Crippen LogP contribution in [-0.2, 0) is 4.74 Å². The van der Waals surface area contributed by atoms with Crippen molar-refractivity contribution in [3.8, 4) is 0 Å². The predicted octanol–water partition coefficient (Wildman–Crippen LogP) is 2.28. The zero-order valence-electron chi connectivity index (χ0n) is 5.76. The van der Waals surface area contributed by atoms with Crippen LogP contribution in [0.5, 0.6) is 0 Å². The molecule has 1 heteroatoms. The molecule has 0 aliphatic carbocycles. The van der Waals surface area contributed by atoms with Gasteiger partial charge in [-0.2, -0.15) is 0 Å². The molecule has 0 amide bonds. The molecular formula is C8H12O. The van der Waals surface area contributed by atoms with Gasteiger partial charge in [0.1, 0.15) is 12.4 Å². The minimum Gasteiger partial charge on any atom is -0.490 e. The Labute approximate surface area is 56.3 Å². The number of ether oxygens (including phenoxy) is 1. The van der Waals surface area contributed by atoms with Crippen LogP contribution < -0.4 is 0 Å². The molecule has 0 aromatic heterocycles. The highest BCUT2D eigenvalue weighted by atomic mass is 16.5. The third-order valence-corrected chi connectivity index (χ3v) is 0.854. The normalized spacial score (nSPS) is 10.6. The zero-order chi connectivity index (χ0) is 7.11. The molecule has 1 nitrogen and oxygen atoms in total. The van der Waals surface area contributed by atoms with Crippen molar-refractivity contribution in [2.75, 3.05) is 6.61 Å². The molecule has 0 aliphatic heterocycles. The lowest BCUT2D eigenvalue weighted by Gasteiger charge is -2.00. The Kier molecular flexibility index (Phi) is 4.60. The largest absolute Gasteiger partial charge is 0.490 e. The van der Waals surface area contributed by atoms with Gasteiger partial charge in [-0.3, -0.25) is 0 Å². The van der Waals surface area contributed by atoms with Crippen LogP contribution in [0.2, 0.25) is 0 Å². The van der Waals surface area contributed by atoms with Crippen LogP contribution in [0, 0.1) is 0 Å². The fraction of sp³-hybridized carbons (Fsp3) is 0.250. The summed E-state index contributed by atoms with van der Waals surface area (Å²) in [7, 11) is 0. The molecule has 0 saturated heterocycles. The molecule has 0 N–H and O–H groups in total. The minimum atomic E-state index is 0.547. The number of allylic oxidation sites excluding steroid dienone is 2. The molecule has 0 unspecified atom stereocenters. The molecule has 0 bridgehead atoms. The third kappa shape index (κ3) is 3.59. The smallest absolute Gasteiger partial charge is 0.114 e. The highest BCUT2D eigenvalue weighted by molar-refractivity contribution is 5.07. The third-order valence-electron chi connectivity index (χ3n) is 0.854. The molecular weight excluding hydrogens is 112 g/mol. The second-order valence-electron chi connectivity index (χ2n) is 1.49. The highest BCUT2D eigenvalue weighted by Crippen LogP contribution is 1.96. The van der Waals surface area contributed by atoms with Crippen molar-refractivity contribution < 1.29 is 4.74 Å². The van der Waals surface area contributed by atoms with Crippen molar-refractivity contribution in [1.29, 1.82) is 0 Å². The van der Waals surface area contributed by atoms with Gasteiger partial charge in [-0.15, -0.1) is 0 Å². The van der Waals surface area contributed by atoms with E-state index in [4.69, 9.17) is 4.74 Å². The molecule has 9 heavy (non-hydrogen) atoms. The summed E-state index contributed by atoms with van der Waals surface area (Å²) in [6, 6.07) is 0. The second kappa shape index (κ2) is 5.16. The molecule has 0 spiro atoms. The molecule has 50 valence electrons. The summed E-state index contributed by atoms with van der Waals surface area (Å²) in [5.41, 5.74) is 0. The van der Waals surface area contributed by atoms with E-state index in [1.54, 1.807) is 12.2 Å². The Hall–Kier alpha value is -0.980. The van der Waals surface area contributed by atoms with Gasteiger partial charge in [-0.1, -0.05) is 19.2 Å². The van der Waals surface area contributed by atoms with E-state index < -0.39 is 0 Å². The van der Waals surface area contributed by atoms with E-state index in [9.17, 15) is 0 Å². The van der Waals surface area contributed by atoms with Crippen molar-refractivity contribution in [2.45, 2.75) is 6.92 Å². The van der Waals surface area contributed by atoms with Gasteiger partial charge in [0.05, 0.1) is 0 Å². The fourth-order valence-corrected chi connectivity index (χ4v) is 0.415. The average molecular weight is 124 g/mol. The Morgan fingerprint density at radius 2 is 2.22 bits per heavy atom. The van der Waals surface area contributed by atoms with E-state index in [1.165, 1.54) is 0 Å². The predicted molar refractivity (Wildman–Crippen MR) is 40.1 cm³/mol. The Morgan fingerprint density at radius 1 is 1.56 bits per heavy atom. The molecule has 0 heterocycles. The van der Waals surface area contributed by atoms with Crippen LogP contribution >= 0.6 is 0 Å². The standard InChI is InChI=1S/C8H12O/c1-4-7-9-8(5-2)6-3/h4-6H,1-2,7H2,3H3/b8-6+. The first-order valence-electron chi connectivity index (χ1n) is 2.87. The first kappa shape index (κ1) is 8.02. The van der Waals surface area contributed by atoms with Gasteiger partial charge in [0.25, 0.3) is 0 Å². The maximum absolute atomic E-state index is 5.11. The van der Waals surface area contributed by atoms with Crippen LogP contribution in [0.1, 0.15) is 6.92 Å². The zero-order valence-corrected chi connectivity index (χ0v) is 5.76. The van der Waals surface area contributed by atoms with Gasteiger partial charge in [0.2, 0.25) is 0 Å². The van der Waals surface area contributed by atoms with Gasteiger partial charge >= 0.3 is 0 Å². The molecule has 0 radical (unpaired) electrons. The SMILES string of the molecule is C=CCO/C(C=C)=C/C. The molecule has 0 aromatic carbocycles. The van der Waals surface area contributed by atoms with Crippen LogP contribution in [-0.4, -0.2) is 6.61 Å². The van der Waals surface area contributed by atoms with E-state index in [0.29, 0.717) is 6.61 Å². The van der Waals surface area contributed by atoms with Gasteiger partial charge < -0.3 is 4.74 Å². The topological polar surface area (TPSA) is 9.23 Å². The lowest BCUT2D eigenvalue weighted by atomic mass is 10.4. The number of rotatable bonds is 4. The van der Waals surface area contributed by atoms with Crippen molar-refractivity contribution in [1.82, 2.24) is 0 Å². The van der Waals surface area contributed by atoms with Gasteiger partial charge in [-0.25, -0.2) is 0 Å². The monoisotopic (exact) mass is 124 g/mol. The number of hydrogen-bond acceptors (Lipinski definition) is 1. The van der Waals surface area contributed by atoms with Crippen LogP contribution in [0.4, 0.5) is 0 Å². The fourth-order valence-electron chi connectivity index (χ4n) is 0.415. The molecule has 0 aliphatic rings. The van der Waals surface area contributed by atoms with Crippen molar-refractivity contribution in [3.05, 3.63) is 37.1 Å². The summed E-state index contributed by atoms with van der Waals surface area (Å²) in [4.78, 5) is 0. The minimum absolute atomic E-state index is 0.547. The lowest BCUT2D eigenvalue weighted by molar-refractivity contribution is 0.261. The summed E-state index contributed by atoms with van der Waals surface area (Å²) >= 11 is 0. The Balaban J connectivity index is 3.57. The van der Waals surface area contributed by atoms with E-state index in [2.05, 4.69) is 13.2 Å². The summed E-state index contributed by atoms with van der Waals surface area (Å²) in [5, 5.41) is 0. The van der Waals surface area contributed by atoms with Gasteiger partial charge in [0.15, 0.2) is 0 Å². The molecule has 0 aromatic rings. The Bertz CT molecular complexity index is 123. The molecule has 0 fully saturated rings. The summed E-state index contributed by atoms with van der Waals surface area (Å²) in [6.07, 6.45) is 5.23. The maximum Gasteiger partial charge on any atom is 0.114 e. The quantitative estimate of drug-likeness (QED) is 0.317. The summed E-state index contributed by atoms with van der Waals surface area (Å²) < 4.78 is 5.11. The van der Waals surface area contributed by atoms with Crippen LogP contribution in [0.25, 0.3) is 0 Å². The highest BCUT2D eigenvalue weighted by Gasteiger charge is 1.83. The maximum atomic E-state index is 5.11. The Morgan fingerprint density at radius 3 is 2.56 bits per heavy atom. The number of hydrogen-bond donors (Lipinski definition) is 0. The second-order valence-corrected chi connectivity index (χ2v) is 1.49. The van der Waals surface area contributed by atoms with Gasteiger partial charge in [0, 0.05) is 0 Å². The van der Waals surface area contributed by atoms with E-state index in [1.807, 2.05) is 13.0 Å². The first-order chi connectivity index (χ1) is 4.35. The molecule has 0 saturated carbocycles. The first-order valence-corrected chi connectivity index (χ1v) is 2.87. The lowest BCUT2D eigenvalue weighted by Crippen LogP contribution is -1.86. The molecule has 0 atom stereocenters. The van der Waals surface area contributed by atoms with Crippen LogP contribution in [0.15, 0.2) is 37.1 Å².